The van der Waals surface area contributed by atoms with Crippen LogP contribution in [-0.2, 0) is 17.7 Å². The molecule has 0 saturated heterocycles. The lowest BCUT2D eigenvalue weighted by molar-refractivity contribution is -0.0311. The van der Waals surface area contributed by atoms with Gasteiger partial charge in [0, 0.05) is 44.3 Å². The minimum absolute atomic E-state index is 0.0258. The van der Waals surface area contributed by atoms with Crippen molar-refractivity contribution in [3.63, 3.8) is 0 Å². The SMILES string of the molecule is CC[C@@]1(O)COCC2=C1C=C1c3nc4ccccc4c(CC[Si](C)(C)CNC(=O)N(C)C)c3CN1C2. The number of fused-ring (bicyclic) bond motifs is 4. The van der Waals surface area contributed by atoms with Crippen molar-refractivity contribution >= 4 is 30.7 Å². The number of ether oxygens (including phenoxy) is 1. The first-order valence-corrected chi connectivity index (χ1v) is 16.4. The minimum atomic E-state index is -1.67. The first-order valence-electron chi connectivity index (χ1n) is 13.0. The van der Waals surface area contributed by atoms with E-state index in [0.29, 0.717) is 19.6 Å². The third-order valence-corrected chi connectivity index (χ3v) is 10.7. The molecule has 0 fully saturated rings. The molecule has 192 valence electrons. The largest absolute Gasteiger partial charge is 0.383 e. The van der Waals surface area contributed by atoms with Crippen LogP contribution in [0, 0.1) is 0 Å². The van der Waals surface area contributed by atoms with Crippen LogP contribution in [0.25, 0.3) is 16.6 Å². The number of nitrogens with zero attached hydrogens (tertiary/aromatic N) is 3. The number of aromatic nitrogens is 1. The lowest BCUT2D eigenvalue weighted by Gasteiger charge is -2.39. The minimum Gasteiger partial charge on any atom is -0.383 e. The summed E-state index contributed by atoms with van der Waals surface area (Å²) in [6, 6.07) is 9.50. The molecule has 3 aliphatic rings. The van der Waals surface area contributed by atoms with Crippen LogP contribution in [0.1, 0.15) is 30.2 Å². The molecular weight excluding hydrogens is 468 g/mol. The summed E-state index contributed by atoms with van der Waals surface area (Å²) in [5, 5.41) is 15.6. The van der Waals surface area contributed by atoms with Crippen LogP contribution in [-0.4, -0.2) is 79.6 Å². The molecule has 36 heavy (non-hydrogen) atoms. The van der Waals surface area contributed by atoms with E-state index in [1.165, 1.54) is 22.1 Å². The van der Waals surface area contributed by atoms with Crippen LogP contribution < -0.4 is 5.32 Å². The van der Waals surface area contributed by atoms with Gasteiger partial charge >= 0.3 is 6.03 Å². The van der Waals surface area contributed by atoms with Crippen LogP contribution in [0.15, 0.2) is 41.5 Å². The van der Waals surface area contributed by atoms with Gasteiger partial charge in [-0.2, -0.15) is 0 Å². The van der Waals surface area contributed by atoms with Gasteiger partial charge in [0.15, 0.2) is 0 Å². The molecule has 1 aromatic carbocycles. The van der Waals surface area contributed by atoms with Crippen molar-refractivity contribution in [2.24, 2.45) is 0 Å². The Morgan fingerprint density at radius 3 is 2.81 bits per heavy atom. The van der Waals surface area contributed by atoms with Crippen LogP contribution in [0.3, 0.4) is 0 Å². The van der Waals surface area contributed by atoms with Crippen LogP contribution in [0.5, 0.6) is 0 Å². The number of urea groups is 1. The Morgan fingerprint density at radius 1 is 1.28 bits per heavy atom. The summed E-state index contributed by atoms with van der Waals surface area (Å²) < 4.78 is 5.78. The van der Waals surface area contributed by atoms with E-state index in [4.69, 9.17) is 9.72 Å². The number of hydrogen-bond donors (Lipinski definition) is 2. The summed E-state index contributed by atoms with van der Waals surface area (Å²) in [6.07, 6.45) is 4.54. The van der Waals surface area contributed by atoms with E-state index < -0.39 is 13.7 Å². The summed E-state index contributed by atoms with van der Waals surface area (Å²) >= 11 is 0. The van der Waals surface area contributed by atoms with Crippen LogP contribution in [0.2, 0.25) is 19.1 Å². The van der Waals surface area contributed by atoms with Gasteiger partial charge in [-0.05, 0) is 41.7 Å². The summed E-state index contributed by atoms with van der Waals surface area (Å²) in [5.41, 5.74) is 7.16. The van der Waals surface area contributed by atoms with Gasteiger partial charge in [0.1, 0.15) is 5.60 Å². The predicted molar refractivity (Wildman–Crippen MR) is 146 cm³/mol. The van der Waals surface area contributed by atoms with Gasteiger partial charge in [-0.1, -0.05) is 44.3 Å². The fraction of sp³-hybridized carbons (Fsp3) is 0.500. The van der Waals surface area contributed by atoms with Crippen molar-refractivity contribution in [1.82, 2.24) is 20.1 Å². The predicted octanol–water partition coefficient (Wildman–Crippen LogP) is 3.93. The molecule has 3 aliphatic heterocycles. The van der Waals surface area contributed by atoms with E-state index in [-0.39, 0.29) is 6.03 Å². The van der Waals surface area contributed by atoms with Crippen molar-refractivity contribution in [2.45, 2.75) is 51.0 Å². The number of hydrogen-bond acceptors (Lipinski definition) is 5. The number of aliphatic hydroxyl groups is 1. The fourth-order valence-corrected chi connectivity index (χ4v) is 7.33. The molecule has 0 aliphatic carbocycles. The van der Waals surface area contributed by atoms with E-state index >= 15 is 0 Å². The second kappa shape index (κ2) is 9.32. The second-order valence-corrected chi connectivity index (χ2v) is 16.6. The van der Waals surface area contributed by atoms with Crippen molar-refractivity contribution in [3.8, 4) is 0 Å². The zero-order valence-corrected chi connectivity index (χ0v) is 23.1. The number of para-hydroxylation sites is 1. The Kier molecular flexibility index (Phi) is 6.47. The van der Waals surface area contributed by atoms with E-state index in [9.17, 15) is 9.90 Å². The van der Waals surface area contributed by atoms with Crippen molar-refractivity contribution in [2.75, 3.05) is 40.0 Å². The number of carbonyl (C=O) groups is 1. The highest BCUT2D eigenvalue weighted by Gasteiger charge is 2.41. The molecule has 0 saturated carbocycles. The first kappa shape index (κ1) is 25.0. The van der Waals surface area contributed by atoms with Gasteiger partial charge in [0.05, 0.1) is 38.2 Å². The van der Waals surface area contributed by atoms with Gasteiger partial charge in [-0.3, -0.25) is 0 Å². The number of carbonyl (C=O) groups excluding carboxylic acids is 1. The Labute approximate surface area is 214 Å². The topological polar surface area (TPSA) is 77.9 Å². The number of amides is 2. The third kappa shape index (κ3) is 4.46. The highest BCUT2D eigenvalue weighted by molar-refractivity contribution is 6.77. The third-order valence-electron chi connectivity index (χ3n) is 7.97. The molecule has 2 aromatic rings. The quantitative estimate of drug-likeness (QED) is 0.581. The van der Waals surface area contributed by atoms with Crippen LogP contribution >= 0.6 is 0 Å². The Morgan fingerprint density at radius 2 is 2.06 bits per heavy atom. The maximum atomic E-state index is 12.1. The van der Waals surface area contributed by atoms with Gasteiger partial charge in [-0.25, -0.2) is 9.78 Å². The average Bonchev–Trinajstić information content (AvgIpc) is 3.21. The number of benzene rings is 1. The number of rotatable bonds is 6. The Balaban J connectivity index is 1.49. The number of pyridine rings is 1. The Hall–Kier alpha value is -2.68. The van der Waals surface area contributed by atoms with Gasteiger partial charge in [-0.15, -0.1) is 0 Å². The van der Waals surface area contributed by atoms with Gasteiger partial charge < -0.3 is 25.0 Å². The van der Waals surface area contributed by atoms with Crippen LogP contribution in [0.4, 0.5) is 4.79 Å². The Bertz CT molecular complexity index is 1270. The summed E-state index contributed by atoms with van der Waals surface area (Å²) in [5.74, 6) is 0. The molecule has 0 radical (unpaired) electrons. The fourth-order valence-electron chi connectivity index (χ4n) is 5.59. The number of aryl methyl sites for hydroxylation is 1. The van der Waals surface area contributed by atoms with E-state index in [0.717, 1.165) is 54.2 Å². The monoisotopic (exact) mass is 506 g/mol. The smallest absolute Gasteiger partial charge is 0.316 e. The molecule has 2 amide bonds. The summed E-state index contributed by atoms with van der Waals surface area (Å²) in [4.78, 5) is 21.2. The van der Waals surface area contributed by atoms with E-state index in [1.54, 1.807) is 19.0 Å². The first-order chi connectivity index (χ1) is 17.1. The highest BCUT2D eigenvalue weighted by Crippen LogP contribution is 2.44. The lowest BCUT2D eigenvalue weighted by Crippen LogP contribution is -2.46. The van der Waals surface area contributed by atoms with Crippen molar-refractivity contribution in [1.29, 1.82) is 0 Å². The summed E-state index contributed by atoms with van der Waals surface area (Å²) in [6.45, 7) is 9.24. The molecule has 8 heteroatoms. The average molecular weight is 507 g/mol. The highest BCUT2D eigenvalue weighted by atomic mass is 28.3. The van der Waals surface area contributed by atoms with Crippen molar-refractivity contribution < 1.29 is 14.6 Å². The number of nitrogens with one attached hydrogen (secondary N) is 1. The zero-order chi connectivity index (χ0) is 25.7. The van der Waals surface area contributed by atoms with E-state index in [1.807, 2.05) is 6.92 Å². The zero-order valence-electron chi connectivity index (χ0n) is 22.1. The van der Waals surface area contributed by atoms with Crippen molar-refractivity contribution in [3.05, 3.63) is 58.3 Å². The molecule has 5 rings (SSSR count). The molecule has 0 bridgehead atoms. The maximum absolute atomic E-state index is 12.1. The normalized spacial score (nSPS) is 21.2. The molecule has 2 N–H and O–H groups in total. The molecule has 1 atom stereocenters. The molecule has 1 aromatic heterocycles. The molecular formula is C28H38N4O3Si. The molecule has 4 heterocycles. The second-order valence-electron chi connectivity index (χ2n) is 11.4. The lowest BCUT2D eigenvalue weighted by atomic mass is 9.83. The molecule has 0 unspecified atom stereocenters. The van der Waals surface area contributed by atoms with Gasteiger partial charge in [0.25, 0.3) is 0 Å². The summed E-state index contributed by atoms with van der Waals surface area (Å²) in [7, 11) is 1.89. The maximum Gasteiger partial charge on any atom is 0.316 e. The van der Waals surface area contributed by atoms with E-state index in [2.05, 4.69) is 53.7 Å². The molecule has 0 spiro atoms. The van der Waals surface area contributed by atoms with Gasteiger partial charge in [0.2, 0.25) is 0 Å². The molecule has 7 nitrogen and oxygen atoms in total. The standard InChI is InChI=1S/C28H38N4O3Si/c1-6-28(34)17-35-16-19-14-32-15-22-20(11-12-36(4,5)18-29-27(33)31(2)3)21-9-7-8-10-24(21)30-26(22)25(32)13-23(19)28/h7-10,13,34H,6,11-12,14-18H2,1-5H3,(H,29,33)/t28-/m1/s1.